The second kappa shape index (κ2) is 5.42. The lowest BCUT2D eigenvalue weighted by atomic mass is 10.1. The zero-order valence-electron chi connectivity index (χ0n) is 11.4. The highest BCUT2D eigenvalue weighted by molar-refractivity contribution is 6.34. The Labute approximate surface area is 130 Å². The number of amides is 1. The third-order valence-electron chi connectivity index (χ3n) is 3.14. The molecule has 0 bridgehead atoms. The number of nitriles is 1. The van der Waals surface area contributed by atoms with E-state index in [1.54, 1.807) is 12.1 Å². The molecule has 0 spiro atoms. The van der Waals surface area contributed by atoms with Crippen LogP contribution in [0.4, 0.5) is 5.82 Å². The van der Waals surface area contributed by atoms with Crippen LogP contribution in [0, 0.1) is 18.3 Å². The molecule has 8 heteroatoms. The number of carbonyl (C=O) groups excluding carboxylic acids is 1. The molecular formula is C14H9ClN6O. The fourth-order valence-electron chi connectivity index (χ4n) is 2.03. The highest BCUT2D eigenvalue weighted by Gasteiger charge is 2.16. The summed E-state index contributed by atoms with van der Waals surface area (Å²) in [6.07, 6.45) is 2.59. The summed E-state index contributed by atoms with van der Waals surface area (Å²) >= 11 is 5.89. The molecule has 0 aliphatic rings. The molecule has 108 valence electrons. The molecule has 22 heavy (non-hydrogen) atoms. The SMILES string of the molecule is Cc1cc2c(NC(=O)c3ncncc3Cl)n[nH]c2cc1C#N. The van der Waals surface area contributed by atoms with Gasteiger partial charge in [0.15, 0.2) is 11.5 Å². The van der Waals surface area contributed by atoms with Gasteiger partial charge in [-0.3, -0.25) is 9.89 Å². The van der Waals surface area contributed by atoms with Crippen LogP contribution in [0.5, 0.6) is 0 Å². The molecule has 0 atom stereocenters. The van der Waals surface area contributed by atoms with Crippen LogP contribution in [0.1, 0.15) is 21.6 Å². The van der Waals surface area contributed by atoms with Gasteiger partial charge in [-0.05, 0) is 24.6 Å². The number of hydrogen-bond donors (Lipinski definition) is 2. The van der Waals surface area contributed by atoms with Crippen molar-refractivity contribution in [1.29, 1.82) is 5.26 Å². The summed E-state index contributed by atoms with van der Waals surface area (Å²) in [5.74, 6) is -0.134. The summed E-state index contributed by atoms with van der Waals surface area (Å²) in [5, 5.41) is 19.4. The number of nitrogens with zero attached hydrogens (tertiary/aromatic N) is 4. The number of nitrogens with one attached hydrogen (secondary N) is 2. The zero-order chi connectivity index (χ0) is 15.7. The first-order chi connectivity index (χ1) is 10.6. The maximum atomic E-state index is 12.2. The second-order valence-electron chi connectivity index (χ2n) is 4.57. The van der Waals surface area contributed by atoms with Crippen molar-refractivity contribution in [2.45, 2.75) is 6.92 Å². The van der Waals surface area contributed by atoms with E-state index >= 15 is 0 Å². The molecule has 2 N–H and O–H groups in total. The average Bonchev–Trinajstić information content (AvgIpc) is 2.88. The Hall–Kier alpha value is -2.98. The topological polar surface area (TPSA) is 107 Å². The lowest BCUT2D eigenvalue weighted by Crippen LogP contribution is -2.15. The van der Waals surface area contributed by atoms with E-state index in [4.69, 9.17) is 16.9 Å². The molecule has 0 aliphatic heterocycles. The van der Waals surface area contributed by atoms with Crippen molar-refractivity contribution in [3.8, 4) is 6.07 Å². The predicted molar refractivity (Wildman–Crippen MR) is 80.5 cm³/mol. The molecule has 3 aromatic rings. The number of carbonyl (C=O) groups is 1. The van der Waals surface area contributed by atoms with E-state index in [1.165, 1.54) is 12.5 Å². The van der Waals surface area contributed by atoms with Crippen LogP contribution in [0.3, 0.4) is 0 Å². The maximum absolute atomic E-state index is 12.2. The first-order valence-corrected chi connectivity index (χ1v) is 6.63. The van der Waals surface area contributed by atoms with E-state index in [0.717, 1.165) is 5.56 Å². The maximum Gasteiger partial charge on any atom is 0.277 e. The highest BCUT2D eigenvalue weighted by Crippen LogP contribution is 2.24. The molecule has 0 saturated heterocycles. The Morgan fingerprint density at radius 1 is 1.45 bits per heavy atom. The van der Waals surface area contributed by atoms with E-state index in [0.29, 0.717) is 22.3 Å². The predicted octanol–water partition coefficient (Wildman–Crippen LogP) is 2.44. The van der Waals surface area contributed by atoms with Gasteiger partial charge in [-0.15, -0.1) is 0 Å². The number of benzene rings is 1. The first kappa shape index (κ1) is 14.0. The number of H-pyrrole nitrogens is 1. The van der Waals surface area contributed by atoms with Crippen molar-refractivity contribution >= 4 is 34.2 Å². The van der Waals surface area contributed by atoms with Gasteiger partial charge in [0, 0.05) is 11.6 Å². The minimum absolute atomic E-state index is 0.0678. The first-order valence-electron chi connectivity index (χ1n) is 6.26. The molecule has 0 fully saturated rings. The molecular weight excluding hydrogens is 304 g/mol. The number of aromatic nitrogens is 4. The van der Waals surface area contributed by atoms with E-state index in [-0.39, 0.29) is 10.7 Å². The highest BCUT2D eigenvalue weighted by atomic mass is 35.5. The summed E-state index contributed by atoms with van der Waals surface area (Å²) in [5.41, 5.74) is 2.07. The lowest BCUT2D eigenvalue weighted by Gasteiger charge is -2.03. The summed E-state index contributed by atoms with van der Waals surface area (Å²) in [6, 6.07) is 5.57. The van der Waals surface area contributed by atoms with Crippen molar-refractivity contribution in [2.75, 3.05) is 5.32 Å². The number of fused-ring (bicyclic) bond motifs is 1. The van der Waals surface area contributed by atoms with E-state index in [2.05, 4.69) is 31.6 Å². The van der Waals surface area contributed by atoms with Crippen molar-refractivity contribution in [3.63, 3.8) is 0 Å². The fraction of sp³-hybridized carbons (Fsp3) is 0.0714. The number of rotatable bonds is 2. The number of aryl methyl sites for hydroxylation is 1. The van der Waals surface area contributed by atoms with Crippen LogP contribution in [0.25, 0.3) is 10.9 Å². The Morgan fingerprint density at radius 3 is 3.00 bits per heavy atom. The van der Waals surface area contributed by atoms with Gasteiger partial charge in [0.05, 0.1) is 22.2 Å². The molecule has 1 aromatic carbocycles. The molecule has 0 aliphatic carbocycles. The summed E-state index contributed by atoms with van der Waals surface area (Å²) < 4.78 is 0. The molecule has 1 amide bonds. The minimum Gasteiger partial charge on any atom is -0.303 e. The molecule has 3 rings (SSSR count). The van der Waals surface area contributed by atoms with Crippen molar-refractivity contribution in [2.24, 2.45) is 0 Å². The number of halogens is 1. The van der Waals surface area contributed by atoms with Gasteiger partial charge >= 0.3 is 0 Å². The molecule has 0 unspecified atom stereocenters. The quantitative estimate of drug-likeness (QED) is 0.755. The van der Waals surface area contributed by atoms with Crippen molar-refractivity contribution in [1.82, 2.24) is 20.2 Å². The fourth-order valence-corrected chi connectivity index (χ4v) is 2.23. The van der Waals surface area contributed by atoms with Crippen molar-refractivity contribution < 1.29 is 4.79 Å². The second-order valence-corrected chi connectivity index (χ2v) is 4.98. The monoisotopic (exact) mass is 312 g/mol. The molecule has 7 nitrogen and oxygen atoms in total. The summed E-state index contributed by atoms with van der Waals surface area (Å²) in [4.78, 5) is 19.8. The van der Waals surface area contributed by atoms with E-state index in [1.807, 2.05) is 6.92 Å². The molecule has 0 radical (unpaired) electrons. The smallest absolute Gasteiger partial charge is 0.277 e. The third kappa shape index (κ3) is 2.36. The van der Waals surface area contributed by atoms with Gasteiger partial charge in [0.1, 0.15) is 6.33 Å². The van der Waals surface area contributed by atoms with E-state index < -0.39 is 5.91 Å². The Kier molecular flexibility index (Phi) is 3.45. The molecule has 0 saturated carbocycles. The molecule has 2 heterocycles. The van der Waals surface area contributed by atoms with Gasteiger partial charge in [0.25, 0.3) is 5.91 Å². The minimum atomic E-state index is -0.484. The van der Waals surface area contributed by atoms with Crippen LogP contribution in [0.2, 0.25) is 5.02 Å². The van der Waals surface area contributed by atoms with Crippen LogP contribution in [-0.2, 0) is 0 Å². The largest absolute Gasteiger partial charge is 0.303 e. The summed E-state index contributed by atoms with van der Waals surface area (Å²) in [7, 11) is 0. The Bertz CT molecular complexity index is 927. The normalized spacial score (nSPS) is 10.4. The number of hydrogen-bond acceptors (Lipinski definition) is 5. The van der Waals surface area contributed by atoms with E-state index in [9.17, 15) is 4.79 Å². The number of aromatic amines is 1. The van der Waals surface area contributed by atoms with Gasteiger partial charge in [-0.1, -0.05) is 11.6 Å². The van der Waals surface area contributed by atoms with Crippen molar-refractivity contribution in [3.05, 3.63) is 46.5 Å². The van der Waals surface area contributed by atoms with Crippen LogP contribution < -0.4 is 5.32 Å². The van der Waals surface area contributed by atoms with Gasteiger partial charge in [-0.2, -0.15) is 10.4 Å². The number of anilines is 1. The van der Waals surface area contributed by atoms with Gasteiger partial charge < -0.3 is 5.32 Å². The Balaban J connectivity index is 1.98. The molecule has 2 aromatic heterocycles. The van der Waals surface area contributed by atoms with Crippen LogP contribution in [-0.4, -0.2) is 26.1 Å². The van der Waals surface area contributed by atoms with Crippen LogP contribution >= 0.6 is 11.6 Å². The third-order valence-corrected chi connectivity index (χ3v) is 3.42. The zero-order valence-corrected chi connectivity index (χ0v) is 12.1. The standard InChI is InChI=1S/C14H9ClN6O/c1-7-2-9-11(3-8(7)4-16)20-21-13(9)19-14(22)12-10(15)5-17-6-18-12/h2-3,5-6H,1H3,(H2,19,20,21,22). The lowest BCUT2D eigenvalue weighted by molar-refractivity contribution is 0.102. The summed E-state index contributed by atoms with van der Waals surface area (Å²) in [6.45, 7) is 1.82. The van der Waals surface area contributed by atoms with Crippen LogP contribution in [0.15, 0.2) is 24.7 Å². The van der Waals surface area contributed by atoms with Gasteiger partial charge in [0.2, 0.25) is 0 Å². The Morgan fingerprint density at radius 2 is 2.27 bits per heavy atom. The van der Waals surface area contributed by atoms with Gasteiger partial charge in [-0.25, -0.2) is 9.97 Å². The average molecular weight is 313 g/mol.